The Morgan fingerprint density at radius 3 is 2.00 bits per heavy atom. The molecular formula is C16H20F3NO3. The van der Waals surface area contributed by atoms with Gasteiger partial charge in [-0.2, -0.15) is 13.2 Å². The lowest BCUT2D eigenvalue weighted by Crippen LogP contribution is -2.62. The van der Waals surface area contributed by atoms with Gasteiger partial charge in [0.05, 0.1) is 5.56 Å². The summed E-state index contributed by atoms with van der Waals surface area (Å²) in [5.74, 6) is -2.59. The second-order valence-electron chi connectivity index (χ2n) is 6.14. The van der Waals surface area contributed by atoms with E-state index in [2.05, 4.69) is 10.1 Å². The normalized spacial score (nSPS) is 14.7. The van der Waals surface area contributed by atoms with Crippen LogP contribution >= 0.6 is 0 Å². The Kier molecular flexibility index (Phi) is 5.45. The van der Waals surface area contributed by atoms with Crippen LogP contribution in [0.2, 0.25) is 0 Å². The maximum absolute atomic E-state index is 13.5. The van der Waals surface area contributed by atoms with Crippen molar-refractivity contribution in [2.75, 3.05) is 0 Å². The minimum atomic E-state index is -5.04. The molecule has 4 nitrogen and oxygen atoms in total. The number of alkyl halides is 3. The van der Waals surface area contributed by atoms with Crippen LogP contribution in [-0.2, 0) is 9.53 Å². The van der Waals surface area contributed by atoms with Crippen LogP contribution in [0.25, 0.3) is 0 Å². The predicted molar refractivity (Wildman–Crippen MR) is 78.8 cm³/mol. The first-order valence-electron chi connectivity index (χ1n) is 7.10. The molecule has 1 N–H and O–H groups in total. The van der Waals surface area contributed by atoms with Crippen molar-refractivity contribution < 1.29 is 27.5 Å². The lowest BCUT2D eigenvalue weighted by atomic mass is 9.96. The van der Waals surface area contributed by atoms with Crippen molar-refractivity contribution in [1.29, 1.82) is 0 Å². The fourth-order valence-corrected chi connectivity index (χ4v) is 1.90. The second-order valence-corrected chi connectivity index (χ2v) is 6.14. The molecular weight excluding hydrogens is 311 g/mol. The topological polar surface area (TPSA) is 55.4 Å². The van der Waals surface area contributed by atoms with Crippen molar-refractivity contribution in [2.45, 2.75) is 51.4 Å². The third-order valence-corrected chi connectivity index (χ3v) is 3.09. The van der Waals surface area contributed by atoms with Crippen LogP contribution in [0.4, 0.5) is 13.2 Å². The van der Waals surface area contributed by atoms with E-state index in [0.29, 0.717) is 0 Å². The molecule has 1 aromatic carbocycles. The van der Waals surface area contributed by atoms with Crippen LogP contribution in [0, 0.1) is 0 Å². The summed E-state index contributed by atoms with van der Waals surface area (Å²) in [6.07, 6.45) is -5.77. The molecule has 1 rings (SSSR count). The summed E-state index contributed by atoms with van der Waals surface area (Å²) in [4.78, 5) is 24.3. The third kappa shape index (κ3) is 4.46. The maximum Gasteiger partial charge on any atom is 0.437 e. The highest BCUT2D eigenvalue weighted by Gasteiger charge is 2.63. The number of carbonyl (C=O) groups is 2. The Morgan fingerprint density at radius 1 is 1.09 bits per heavy atom. The van der Waals surface area contributed by atoms with Gasteiger partial charge in [-0.25, -0.2) is 4.79 Å². The van der Waals surface area contributed by atoms with Crippen molar-refractivity contribution in [3.8, 4) is 0 Å². The van der Waals surface area contributed by atoms with Crippen LogP contribution < -0.4 is 5.32 Å². The highest BCUT2D eigenvalue weighted by Crippen LogP contribution is 2.38. The summed E-state index contributed by atoms with van der Waals surface area (Å²) in [7, 11) is 0. The van der Waals surface area contributed by atoms with Crippen LogP contribution in [0.5, 0.6) is 0 Å². The molecule has 23 heavy (non-hydrogen) atoms. The Balaban J connectivity index is 3.20. The fraction of sp³-hybridized carbons (Fsp3) is 0.500. The Hall–Kier alpha value is -2.05. The van der Waals surface area contributed by atoms with Crippen LogP contribution in [-0.4, -0.2) is 29.2 Å². The van der Waals surface area contributed by atoms with Crippen LogP contribution in [0.3, 0.4) is 0 Å². The maximum atomic E-state index is 13.5. The third-order valence-electron chi connectivity index (χ3n) is 3.09. The van der Waals surface area contributed by atoms with Gasteiger partial charge in [-0.3, -0.25) is 4.79 Å². The van der Waals surface area contributed by atoms with E-state index in [1.165, 1.54) is 24.3 Å². The van der Waals surface area contributed by atoms with Crippen molar-refractivity contribution in [2.24, 2.45) is 0 Å². The Labute approximate surface area is 133 Å². The first kappa shape index (κ1) is 19.0. The highest BCUT2D eigenvalue weighted by atomic mass is 19.4. The van der Waals surface area contributed by atoms with E-state index in [1.54, 1.807) is 26.8 Å². The molecule has 0 bridgehead atoms. The van der Waals surface area contributed by atoms with Gasteiger partial charge >= 0.3 is 12.1 Å². The first-order valence-corrected chi connectivity index (χ1v) is 7.10. The number of benzene rings is 1. The number of amides is 1. The molecule has 7 heteroatoms. The summed E-state index contributed by atoms with van der Waals surface area (Å²) in [6, 6.07) is 7.24. The van der Waals surface area contributed by atoms with Crippen LogP contribution in [0.1, 0.15) is 44.5 Å². The molecule has 0 saturated heterocycles. The zero-order chi connectivity index (χ0) is 17.9. The predicted octanol–water partition coefficient (Wildman–Crippen LogP) is 3.47. The van der Waals surface area contributed by atoms with Crippen molar-refractivity contribution in [3.63, 3.8) is 0 Å². The van der Waals surface area contributed by atoms with Gasteiger partial charge < -0.3 is 10.1 Å². The molecule has 0 unspecified atom stereocenters. The van der Waals surface area contributed by atoms with Gasteiger partial charge in [0.15, 0.2) is 0 Å². The zero-order valence-electron chi connectivity index (χ0n) is 13.5. The van der Waals surface area contributed by atoms with E-state index in [9.17, 15) is 22.8 Å². The average Bonchev–Trinajstić information content (AvgIpc) is 2.42. The number of halogens is 3. The molecule has 0 saturated carbocycles. The van der Waals surface area contributed by atoms with Crippen molar-refractivity contribution >= 4 is 11.9 Å². The molecule has 128 valence electrons. The largest absolute Gasteiger partial charge is 0.437 e. The SMILES string of the molecule is CC[C@](OC(=O)c1ccccc1)(C(=O)NC(C)(C)C)C(F)(F)F. The monoisotopic (exact) mass is 331 g/mol. The minimum Gasteiger partial charge on any atom is -0.435 e. The number of carbonyl (C=O) groups excluding carboxylic acids is 2. The van der Waals surface area contributed by atoms with Crippen molar-refractivity contribution in [1.82, 2.24) is 5.32 Å². The molecule has 0 aromatic heterocycles. The van der Waals surface area contributed by atoms with Gasteiger partial charge in [-0.05, 0) is 32.9 Å². The van der Waals surface area contributed by atoms with Crippen molar-refractivity contribution in [3.05, 3.63) is 35.9 Å². The number of hydrogen-bond acceptors (Lipinski definition) is 3. The summed E-state index contributed by atoms with van der Waals surface area (Å²) in [6.45, 7) is 5.77. The van der Waals surface area contributed by atoms with E-state index >= 15 is 0 Å². The fourth-order valence-electron chi connectivity index (χ4n) is 1.90. The van der Waals surface area contributed by atoms with Gasteiger partial charge in [-0.15, -0.1) is 0 Å². The molecule has 0 aliphatic carbocycles. The molecule has 0 aliphatic heterocycles. The van der Waals surface area contributed by atoms with Gasteiger partial charge in [0.25, 0.3) is 11.5 Å². The summed E-state index contributed by atoms with van der Waals surface area (Å²) in [5.41, 5.74) is -4.19. The van der Waals surface area contributed by atoms with E-state index in [1.807, 2.05) is 0 Å². The average molecular weight is 331 g/mol. The molecule has 1 amide bonds. The zero-order valence-corrected chi connectivity index (χ0v) is 13.5. The smallest absolute Gasteiger partial charge is 0.435 e. The number of ether oxygens (including phenoxy) is 1. The molecule has 0 radical (unpaired) electrons. The molecule has 0 aliphatic rings. The first-order chi connectivity index (χ1) is 10.4. The van der Waals surface area contributed by atoms with E-state index in [-0.39, 0.29) is 5.56 Å². The highest BCUT2D eigenvalue weighted by molar-refractivity contribution is 5.94. The molecule has 0 heterocycles. The number of rotatable bonds is 4. The Morgan fingerprint density at radius 2 is 1.61 bits per heavy atom. The van der Waals surface area contributed by atoms with Gasteiger partial charge in [0, 0.05) is 12.0 Å². The summed E-state index contributed by atoms with van der Waals surface area (Å²) >= 11 is 0. The van der Waals surface area contributed by atoms with Gasteiger partial charge in [0.2, 0.25) is 0 Å². The standard InChI is InChI=1S/C16H20F3NO3/c1-5-15(16(17,18)19,13(22)20-14(2,3)4)23-12(21)11-9-7-6-8-10-11/h6-10H,5H2,1-4H3,(H,20,22)/t15-/m0/s1. The van der Waals surface area contributed by atoms with E-state index in [4.69, 9.17) is 0 Å². The Bertz CT molecular complexity index is 564. The lowest BCUT2D eigenvalue weighted by Gasteiger charge is -2.35. The number of hydrogen-bond donors (Lipinski definition) is 1. The quantitative estimate of drug-likeness (QED) is 0.860. The minimum absolute atomic E-state index is 0.0573. The number of esters is 1. The lowest BCUT2D eigenvalue weighted by molar-refractivity contribution is -0.252. The summed E-state index contributed by atoms with van der Waals surface area (Å²) in [5, 5.41) is 2.24. The van der Waals surface area contributed by atoms with E-state index < -0.39 is 35.6 Å². The van der Waals surface area contributed by atoms with Crippen LogP contribution in [0.15, 0.2) is 30.3 Å². The molecule has 1 atom stereocenters. The molecule has 0 fully saturated rings. The molecule has 1 aromatic rings. The van der Waals surface area contributed by atoms with E-state index in [0.717, 1.165) is 6.92 Å². The second kappa shape index (κ2) is 6.60. The van der Waals surface area contributed by atoms with Gasteiger partial charge in [0.1, 0.15) is 0 Å². The summed E-state index contributed by atoms with van der Waals surface area (Å²) < 4.78 is 45.3. The van der Waals surface area contributed by atoms with Gasteiger partial charge in [-0.1, -0.05) is 25.1 Å². The number of nitrogens with one attached hydrogen (secondary N) is 1. The molecule has 0 spiro atoms.